The summed E-state index contributed by atoms with van der Waals surface area (Å²) in [7, 11) is 0.590. The highest BCUT2D eigenvalue weighted by Gasteiger charge is 2.30. The fourth-order valence-electron chi connectivity index (χ4n) is 2.56. The first kappa shape index (κ1) is 21.6. The lowest BCUT2D eigenvalue weighted by Crippen LogP contribution is -2.30. The van der Waals surface area contributed by atoms with Gasteiger partial charge in [-0.3, -0.25) is 0 Å². The number of carbonyl (C=O) groups is 1. The first-order valence-corrected chi connectivity index (χ1v) is 8.80. The molecule has 0 unspecified atom stereocenters. The van der Waals surface area contributed by atoms with E-state index in [0.717, 1.165) is 19.3 Å². The number of unbranched alkanes of at least 4 members (excludes halogenated alkanes) is 1. The highest BCUT2D eigenvalue weighted by Crippen LogP contribution is 2.26. The third-order valence-corrected chi connectivity index (χ3v) is 5.26. The molecule has 1 aromatic carbocycles. The van der Waals surface area contributed by atoms with Gasteiger partial charge < -0.3 is 9.16 Å². The van der Waals surface area contributed by atoms with Crippen molar-refractivity contribution in [2.75, 3.05) is 6.61 Å². The van der Waals surface area contributed by atoms with Gasteiger partial charge in [-0.25, -0.2) is 26.7 Å². The fourth-order valence-corrected chi connectivity index (χ4v) is 3.35. The smallest absolute Gasteiger partial charge is 0.344 e. The quantitative estimate of drug-likeness (QED) is 0.163. The van der Waals surface area contributed by atoms with Crippen LogP contribution in [0.3, 0.4) is 0 Å². The normalized spacial score (nSPS) is 11.8. The molecule has 0 atom stereocenters. The average Bonchev–Trinajstić information content (AvgIpc) is 2.62. The van der Waals surface area contributed by atoms with Crippen LogP contribution in [0.15, 0.2) is 0 Å². The van der Waals surface area contributed by atoms with Crippen molar-refractivity contribution in [2.24, 2.45) is 0 Å². The van der Waals surface area contributed by atoms with Crippen molar-refractivity contribution in [1.82, 2.24) is 0 Å². The van der Waals surface area contributed by atoms with Crippen molar-refractivity contribution in [3.8, 4) is 0 Å². The van der Waals surface area contributed by atoms with Gasteiger partial charge in [-0.1, -0.05) is 13.8 Å². The van der Waals surface area contributed by atoms with E-state index in [1.165, 1.54) is 0 Å². The second kappa shape index (κ2) is 9.28. The van der Waals surface area contributed by atoms with Crippen LogP contribution in [0.2, 0.25) is 0 Å². The molecule has 25 heavy (non-hydrogen) atoms. The number of carbonyl (C=O) groups excluding carboxylic acids is 1. The Morgan fingerprint density at radius 2 is 1.40 bits per heavy atom. The highest BCUT2D eigenvalue weighted by atomic mass is 28.2. The summed E-state index contributed by atoms with van der Waals surface area (Å²) in [5.41, 5.74) is -1.80. The molecule has 0 saturated carbocycles. The molecule has 0 fully saturated rings. The largest absolute Gasteiger partial charge is 0.462 e. The molecule has 0 spiro atoms. The summed E-state index contributed by atoms with van der Waals surface area (Å²) in [5.74, 6) is -12.6. The first-order valence-electron chi connectivity index (χ1n) is 7.98. The lowest BCUT2D eigenvalue weighted by molar-refractivity contribution is 0.0433. The maximum Gasteiger partial charge on any atom is 0.344 e. The van der Waals surface area contributed by atoms with E-state index in [1.807, 2.05) is 13.8 Å². The Labute approximate surface area is 146 Å². The molecule has 0 N–H and O–H groups in total. The zero-order valence-corrected chi connectivity index (χ0v) is 16.4. The van der Waals surface area contributed by atoms with Crippen LogP contribution in [-0.4, -0.2) is 28.7 Å². The minimum atomic E-state index is -2.31. The van der Waals surface area contributed by atoms with E-state index < -0.39 is 40.6 Å². The molecule has 3 nitrogen and oxygen atoms in total. The van der Waals surface area contributed by atoms with Gasteiger partial charge in [0.25, 0.3) is 0 Å². The summed E-state index contributed by atoms with van der Waals surface area (Å²) in [6.07, 6.45) is 3.40. The molecule has 0 radical (unpaired) electrons. The van der Waals surface area contributed by atoms with Crippen LogP contribution in [0.25, 0.3) is 0 Å². The lowest BCUT2D eigenvalue weighted by atomic mass is 9.91. The van der Waals surface area contributed by atoms with E-state index in [2.05, 4.69) is 4.74 Å². The van der Waals surface area contributed by atoms with Gasteiger partial charge in [-0.05, 0) is 32.1 Å². The van der Waals surface area contributed by atoms with Gasteiger partial charge in [-0.2, -0.15) is 0 Å². The van der Waals surface area contributed by atoms with E-state index >= 15 is 0 Å². The van der Waals surface area contributed by atoms with Crippen molar-refractivity contribution >= 4 is 16.5 Å². The molecule has 9 heteroatoms. The summed E-state index contributed by atoms with van der Waals surface area (Å²) in [5, 5.41) is 0. The van der Waals surface area contributed by atoms with Crippen LogP contribution in [0.4, 0.5) is 22.0 Å². The van der Waals surface area contributed by atoms with Gasteiger partial charge in [-0.15, -0.1) is 0 Å². The van der Waals surface area contributed by atoms with Crippen LogP contribution >= 0.6 is 0 Å². The second-order valence-corrected chi connectivity index (χ2v) is 6.04. The predicted octanol–water partition coefficient (Wildman–Crippen LogP) is 3.57. The maximum absolute atomic E-state index is 13.5. The van der Waals surface area contributed by atoms with E-state index in [4.69, 9.17) is 4.43 Å². The second-order valence-electron chi connectivity index (χ2n) is 5.63. The van der Waals surface area contributed by atoms with Gasteiger partial charge in [0.15, 0.2) is 23.3 Å². The highest BCUT2D eigenvalue weighted by molar-refractivity contribution is 5.98. The maximum atomic E-state index is 13.5. The Bertz CT molecular complexity index is 583. The Morgan fingerprint density at radius 3 is 1.84 bits per heavy atom. The average molecular weight is 384 g/mol. The monoisotopic (exact) mass is 384 g/mol. The van der Waals surface area contributed by atoms with Gasteiger partial charge >= 0.3 is 5.97 Å². The number of halogens is 5. The summed E-state index contributed by atoms with van der Waals surface area (Å²) in [4.78, 5) is 11.7. The molecule has 1 aromatic rings. The molecule has 0 aliphatic rings. The summed E-state index contributed by atoms with van der Waals surface area (Å²) < 4.78 is 76.3. The van der Waals surface area contributed by atoms with E-state index in [9.17, 15) is 26.7 Å². The number of benzene rings is 1. The Morgan fingerprint density at radius 1 is 0.920 bits per heavy atom. The molecule has 0 aromatic heterocycles. The van der Waals surface area contributed by atoms with Gasteiger partial charge in [0.05, 0.1) is 12.2 Å². The van der Waals surface area contributed by atoms with E-state index in [1.54, 1.807) is 0 Å². The molecule has 0 heterocycles. The molecule has 0 aliphatic carbocycles. The SMILES string of the molecule is CCC(CC)(CCCCOC(=O)c1c(F)c(F)c(F)c(F)c1F)O[SiH3]. The molecule has 0 aliphatic heterocycles. The molecule has 142 valence electrons. The first-order chi connectivity index (χ1) is 11.7. The third-order valence-electron chi connectivity index (χ3n) is 4.40. The van der Waals surface area contributed by atoms with Crippen LogP contribution in [0.1, 0.15) is 56.3 Å². The molecular formula is C16H21F5O3Si. The molecule has 0 bridgehead atoms. The Balaban J connectivity index is 2.65. The van der Waals surface area contributed by atoms with Gasteiger partial charge in [0.2, 0.25) is 5.82 Å². The summed E-state index contributed by atoms with van der Waals surface area (Å²) >= 11 is 0. The van der Waals surface area contributed by atoms with E-state index in [0.29, 0.717) is 23.3 Å². The van der Waals surface area contributed by atoms with Crippen molar-refractivity contribution < 1.29 is 35.9 Å². The number of esters is 1. The number of hydrogen-bond acceptors (Lipinski definition) is 3. The lowest BCUT2D eigenvalue weighted by Gasteiger charge is -2.31. The van der Waals surface area contributed by atoms with Crippen molar-refractivity contribution in [3.63, 3.8) is 0 Å². The number of hydrogen-bond donors (Lipinski definition) is 0. The zero-order valence-electron chi connectivity index (χ0n) is 14.4. The Hall–Kier alpha value is -1.48. The molecule has 0 amide bonds. The molecule has 0 saturated heterocycles. The predicted molar refractivity (Wildman–Crippen MR) is 84.7 cm³/mol. The number of ether oxygens (including phenoxy) is 1. The summed E-state index contributed by atoms with van der Waals surface area (Å²) in [6, 6.07) is 0. The van der Waals surface area contributed by atoms with Crippen molar-refractivity contribution in [2.45, 2.75) is 51.6 Å². The van der Waals surface area contributed by atoms with Crippen LogP contribution in [0, 0.1) is 29.1 Å². The van der Waals surface area contributed by atoms with E-state index in [-0.39, 0.29) is 12.2 Å². The van der Waals surface area contributed by atoms with Crippen LogP contribution < -0.4 is 0 Å². The summed E-state index contributed by atoms with van der Waals surface area (Å²) in [6.45, 7) is 3.82. The fraction of sp³-hybridized carbons (Fsp3) is 0.562. The van der Waals surface area contributed by atoms with Gasteiger partial charge in [0.1, 0.15) is 16.0 Å². The minimum absolute atomic E-state index is 0.191. The molecule has 1 rings (SSSR count). The van der Waals surface area contributed by atoms with Crippen LogP contribution in [-0.2, 0) is 9.16 Å². The van der Waals surface area contributed by atoms with Crippen molar-refractivity contribution in [1.29, 1.82) is 0 Å². The minimum Gasteiger partial charge on any atom is -0.462 e. The van der Waals surface area contributed by atoms with Crippen LogP contribution in [0.5, 0.6) is 0 Å². The Kier molecular flexibility index (Phi) is 8.00. The topological polar surface area (TPSA) is 35.5 Å². The third kappa shape index (κ3) is 4.78. The van der Waals surface area contributed by atoms with Gasteiger partial charge in [0, 0.05) is 0 Å². The zero-order chi connectivity index (χ0) is 19.2. The standard InChI is InChI=1S/C16H21F5O3Si/c1-3-16(4-2,24-25)7-5-6-8-23-15(22)9-10(17)12(19)14(21)13(20)11(9)18/h3-8H2,1-2,25H3. The number of rotatable bonds is 9. The molecular weight excluding hydrogens is 363 g/mol. The van der Waals surface area contributed by atoms with Crippen molar-refractivity contribution in [3.05, 3.63) is 34.6 Å².